The van der Waals surface area contributed by atoms with Gasteiger partial charge in [0.15, 0.2) is 0 Å². The van der Waals surface area contributed by atoms with E-state index >= 15 is 0 Å². The molecule has 122 valence electrons. The number of aromatic amines is 1. The lowest BCUT2D eigenvalue weighted by molar-refractivity contribution is 0.0748. The van der Waals surface area contributed by atoms with E-state index in [-0.39, 0.29) is 5.91 Å². The van der Waals surface area contributed by atoms with Crippen molar-refractivity contribution < 1.29 is 4.79 Å². The van der Waals surface area contributed by atoms with Crippen molar-refractivity contribution in [2.75, 3.05) is 31.1 Å². The molecule has 1 aromatic carbocycles. The normalized spacial score (nSPS) is 15.0. The van der Waals surface area contributed by atoms with E-state index in [1.54, 1.807) is 18.5 Å². The largest absolute Gasteiger partial charge is 0.342 e. The molecular weight excluding hydrogens is 304 g/mol. The number of aryl methyl sites for hydroxylation is 1. The summed E-state index contributed by atoms with van der Waals surface area (Å²) in [6, 6.07) is 7.48. The Balaban J connectivity index is 1.52. The molecular formula is C17H18N6O. The molecule has 1 aliphatic heterocycles. The van der Waals surface area contributed by atoms with Crippen molar-refractivity contribution in [1.82, 2.24) is 24.8 Å². The second-order valence-corrected chi connectivity index (χ2v) is 5.85. The summed E-state index contributed by atoms with van der Waals surface area (Å²) in [5.74, 6) is 1.56. The zero-order chi connectivity index (χ0) is 16.5. The number of carbonyl (C=O) groups is 1. The van der Waals surface area contributed by atoms with Crippen LogP contribution in [0.5, 0.6) is 0 Å². The summed E-state index contributed by atoms with van der Waals surface area (Å²) in [5.41, 5.74) is 2.30. The SMILES string of the molecule is Cc1nc2c(C(=O)N3CCN(c4ncccn4)CC3)cccc2[nH]1. The molecule has 1 aliphatic rings. The van der Waals surface area contributed by atoms with E-state index in [1.807, 2.05) is 30.0 Å². The molecule has 4 rings (SSSR count). The molecule has 1 amide bonds. The van der Waals surface area contributed by atoms with Crippen molar-refractivity contribution in [3.8, 4) is 0 Å². The van der Waals surface area contributed by atoms with Crippen molar-refractivity contribution in [2.24, 2.45) is 0 Å². The lowest BCUT2D eigenvalue weighted by atomic mass is 10.1. The number of para-hydroxylation sites is 1. The van der Waals surface area contributed by atoms with E-state index in [1.165, 1.54) is 0 Å². The van der Waals surface area contributed by atoms with Crippen molar-refractivity contribution in [1.29, 1.82) is 0 Å². The fourth-order valence-electron chi connectivity index (χ4n) is 3.06. The Labute approximate surface area is 139 Å². The number of piperazine rings is 1. The predicted octanol–water partition coefficient (Wildman–Crippen LogP) is 1.62. The lowest BCUT2D eigenvalue weighted by Gasteiger charge is -2.34. The first-order chi connectivity index (χ1) is 11.7. The van der Waals surface area contributed by atoms with Gasteiger partial charge in [0.1, 0.15) is 11.3 Å². The Morgan fingerprint density at radius 3 is 2.58 bits per heavy atom. The van der Waals surface area contributed by atoms with Gasteiger partial charge >= 0.3 is 0 Å². The molecule has 1 saturated heterocycles. The Morgan fingerprint density at radius 2 is 1.83 bits per heavy atom. The molecule has 1 fully saturated rings. The van der Waals surface area contributed by atoms with Crippen molar-refractivity contribution in [2.45, 2.75) is 6.92 Å². The van der Waals surface area contributed by atoms with Crippen molar-refractivity contribution >= 4 is 22.9 Å². The molecule has 7 nitrogen and oxygen atoms in total. The number of rotatable bonds is 2. The highest BCUT2D eigenvalue weighted by Crippen LogP contribution is 2.19. The van der Waals surface area contributed by atoms with Gasteiger partial charge in [-0.25, -0.2) is 15.0 Å². The van der Waals surface area contributed by atoms with Crippen molar-refractivity contribution in [3.05, 3.63) is 48.0 Å². The third-order valence-electron chi connectivity index (χ3n) is 4.26. The molecule has 24 heavy (non-hydrogen) atoms. The second-order valence-electron chi connectivity index (χ2n) is 5.85. The maximum absolute atomic E-state index is 12.9. The zero-order valence-corrected chi connectivity index (χ0v) is 13.4. The van der Waals surface area contributed by atoms with Crippen LogP contribution in [0.4, 0.5) is 5.95 Å². The third kappa shape index (κ3) is 2.58. The number of amides is 1. The number of hydrogen-bond acceptors (Lipinski definition) is 5. The number of nitrogens with one attached hydrogen (secondary N) is 1. The first-order valence-corrected chi connectivity index (χ1v) is 7.99. The van der Waals surface area contributed by atoms with Crippen LogP contribution in [0.1, 0.15) is 16.2 Å². The molecule has 0 radical (unpaired) electrons. The van der Waals surface area contributed by atoms with E-state index in [0.29, 0.717) is 18.7 Å². The smallest absolute Gasteiger partial charge is 0.256 e. The number of carbonyl (C=O) groups excluding carboxylic acids is 1. The molecule has 0 unspecified atom stereocenters. The van der Waals surface area contributed by atoms with Crippen molar-refractivity contribution in [3.63, 3.8) is 0 Å². The van der Waals surface area contributed by atoms with Gasteiger partial charge in [0, 0.05) is 38.6 Å². The molecule has 3 heterocycles. The molecule has 0 bridgehead atoms. The van der Waals surface area contributed by atoms with E-state index in [2.05, 4.69) is 24.8 Å². The first kappa shape index (κ1) is 14.6. The van der Waals surface area contributed by atoms with E-state index in [4.69, 9.17) is 0 Å². The van der Waals surface area contributed by atoms with E-state index in [0.717, 1.165) is 35.9 Å². The van der Waals surface area contributed by atoms with Crippen LogP contribution in [0, 0.1) is 6.92 Å². The number of anilines is 1. The Kier molecular flexibility index (Phi) is 3.60. The third-order valence-corrected chi connectivity index (χ3v) is 4.26. The average Bonchev–Trinajstić information content (AvgIpc) is 3.02. The molecule has 0 atom stereocenters. The molecule has 0 saturated carbocycles. The Morgan fingerprint density at radius 1 is 1.08 bits per heavy atom. The number of aromatic nitrogens is 4. The van der Waals surface area contributed by atoms with Gasteiger partial charge in [0.05, 0.1) is 11.1 Å². The fourth-order valence-corrected chi connectivity index (χ4v) is 3.06. The van der Waals surface area contributed by atoms with Crippen LogP contribution < -0.4 is 4.90 Å². The van der Waals surface area contributed by atoms with Gasteiger partial charge < -0.3 is 14.8 Å². The minimum Gasteiger partial charge on any atom is -0.342 e. The van der Waals surface area contributed by atoms with Gasteiger partial charge in [-0.05, 0) is 25.1 Å². The topological polar surface area (TPSA) is 78.0 Å². The lowest BCUT2D eigenvalue weighted by Crippen LogP contribution is -2.49. The summed E-state index contributed by atoms with van der Waals surface area (Å²) in [5, 5.41) is 0. The van der Waals surface area contributed by atoms with Crippen LogP contribution in [-0.4, -0.2) is 56.9 Å². The van der Waals surface area contributed by atoms with Crippen LogP contribution >= 0.6 is 0 Å². The van der Waals surface area contributed by atoms with Gasteiger partial charge in [-0.3, -0.25) is 4.79 Å². The van der Waals surface area contributed by atoms with Gasteiger partial charge in [0.2, 0.25) is 5.95 Å². The highest BCUT2D eigenvalue weighted by molar-refractivity contribution is 6.05. The second kappa shape index (κ2) is 5.92. The standard InChI is InChI=1S/C17H18N6O/c1-12-20-14-5-2-4-13(15(14)21-12)16(24)22-8-10-23(11-9-22)17-18-6-3-7-19-17/h2-7H,8-11H2,1H3,(H,20,21). The number of imidazole rings is 1. The summed E-state index contributed by atoms with van der Waals surface area (Å²) in [4.78, 5) is 33.0. The number of fused-ring (bicyclic) bond motifs is 1. The summed E-state index contributed by atoms with van der Waals surface area (Å²) in [6.45, 7) is 4.65. The maximum atomic E-state index is 12.9. The number of hydrogen-bond donors (Lipinski definition) is 1. The molecule has 0 spiro atoms. The number of benzene rings is 1. The quantitative estimate of drug-likeness (QED) is 0.776. The summed E-state index contributed by atoms with van der Waals surface area (Å²) < 4.78 is 0. The zero-order valence-electron chi connectivity index (χ0n) is 13.4. The van der Waals surface area contributed by atoms with Crippen LogP contribution in [0.3, 0.4) is 0 Å². The van der Waals surface area contributed by atoms with Gasteiger partial charge in [-0.15, -0.1) is 0 Å². The van der Waals surface area contributed by atoms with Gasteiger partial charge in [-0.2, -0.15) is 0 Å². The van der Waals surface area contributed by atoms with E-state index < -0.39 is 0 Å². The minimum absolute atomic E-state index is 0.0285. The predicted molar refractivity (Wildman–Crippen MR) is 91.0 cm³/mol. The average molecular weight is 322 g/mol. The van der Waals surface area contributed by atoms with Crippen LogP contribution in [0.15, 0.2) is 36.7 Å². The van der Waals surface area contributed by atoms with Crippen LogP contribution in [0.2, 0.25) is 0 Å². The molecule has 2 aromatic heterocycles. The fraction of sp³-hybridized carbons (Fsp3) is 0.294. The highest BCUT2D eigenvalue weighted by atomic mass is 16.2. The van der Waals surface area contributed by atoms with Gasteiger partial charge in [-0.1, -0.05) is 6.07 Å². The minimum atomic E-state index is 0.0285. The maximum Gasteiger partial charge on any atom is 0.256 e. The number of nitrogens with zero attached hydrogens (tertiary/aromatic N) is 5. The summed E-state index contributed by atoms with van der Waals surface area (Å²) in [6.07, 6.45) is 3.47. The highest BCUT2D eigenvalue weighted by Gasteiger charge is 2.25. The van der Waals surface area contributed by atoms with Gasteiger partial charge in [0.25, 0.3) is 5.91 Å². The van der Waals surface area contributed by atoms with Crippen LogP contribution in [0.25, 0.3) is 11.0 Å². The summed E-state index contributed by atoms with van der Waals surface area (Å²) in [7, 11) is 0. The Bertz CT molecular complexity index is 867. The number of H-pyrrole nitrogens is 1. The first-order valence-electron chi connectivity index (χ1n) is 7.99. The molecule has 0 aliphatic carbocycles. The monoisotopic (exact) mass is 322 g/mol. The van der Waals surface area contributed by atoms with Crippen LogP contribution in [-0.2, 0) is 0 Å². The Hall–Kier alpha value is -2.96. The van der Waals surface area contributed by atoms with E-state index in [9.17, 15) is 4.79 Å². The summed E-state index contributed by atoms with van der Waals surface area (Å²) >= 11 is 0. The molecule has 1 N–H and O–H groups in total. The molecule has 3 aromatic rings. The molecule has 7 heteroatoms.